The van der Waals surface area contributed by atoms with Gasteiger partial charge < -0.3 is 4.98 Å². The number of aromatic nitrogens is 2. The topological polar surface area (TPSA) is 28.7 Å². The minimum Gasteiger partial charge on any atom is -0.309 e. The minimum absolute atomic E-state index is 0.421. The molecule has 0 spiro atoms. The Kier molecular flexibility index (Phi) is 1.10. The number of H-pyrrole nitrogens is 1. The van der Waals surface area contributed by atoms with E-state index in [-0.39, 0.29) is 0 Å². The van der Waals surface area contributed by atoms with Crippen molar-refractivity contribution < 1.29 is 4.39 Å². The van der Waals surface area contributed by atoms with E-state index in [1.165, 1.54) is 0 Å². The highest BCUT2D eigenvalue weighted by Crippen LogP contribution is 2.00. The molecule has 0 saturated heterocycles. The number of nitrogens with one attached hydrogen (secondary N) is 1. The highest BCUT2D eigenvalue weighted by atomic mass is 79.9. The normalized spacial score (nSPS) is 9.43. The molecule has 1 aromatic rings. The fourth-order valence-electron chi connectivity index (χ4n) is 0.276. The highest BCUT2D eigenvalue weighted by Gasteiger charge is 1.89. The summed E-state index contributed by atoms with van der Waals surface area (Å²) < 4.78 is 12.2. The van der Waals surface area contributed by atoms with Crippen molar-refractivity contribution in [1.29, 1.82) is 0 Å². The predicted octanol–water partition coefficient (Wildman–Crippen LogP) is 1.31. The van der Waals surface area contributed by atoms with Crippen LogP contribution in [0.5, 0.6) is 0 Å². The molecule has 1 rings (SSSR count). The van der Waals surface area contributed by atoms with Gasteiger partial charge in [-0.25, -0.2) is 4.98 Å². The summed E-state index contributed by atoms with van der Waals surface area (Å²) in [7, 11) is 0. The monoisotopic (exact) mass is 164 g/mol. The second-order valence-electron chi connectivity index (χ2n) is 1.02. The molecule has 0 radical (unpaired) electrons. The molecule has 0 aliphatic carbocycles. The van der Waals surface area contributed by atoms with Gasteiger partial charge in [0.15, 0.2) is 4.73 Å². The standard InChI is InChI=1S/C3H2BrFN2/c4-3-6-1-2(5)7-3/h1H,(H,6,7). The van der Waals surface area contributed by atoms with E-state index in [0.29, 0.717) is 4.73 Å². The molecule has 38 valence electrons. The summed E-state index contributed by atoms with van der Waals surface area (Å²) in [6, 6.07) is 0. The van der Waals surface area contributed by atoms with Crippen molar-refractivity contribution in [3.05, 3.63) is 16.9 Å². The van der Waals surface area contributed by atoms with Gasteiger partial charge in [0.1, 0.15) is 0 Å². The number of aromatic amines is 1. The molecule has 1 heterocycles. The van der Waals surface area contributed by atoms with Gasteiger partial charge in [-0.2, -0.15) is 4.39 Å². The van der Waals surface area contributed by atoms with Crippen molar-refractivity contribution in [2.75, 3.05) is 0 Å². The summed E-state index contributed by atoms with van der Waals surface area (Å²) >= 11 is 2.93. The number of nitrogens with zero attached hydrogens (tertiary/aromatic N) is 1. The number of hydrogen-bond donors (Lipinski definition) is 1. The summed E-state index contributed by atoms with van der Waals surface area (Å²) in [5.41, 5.74) is 0. The number of imidazole rings is 1. The van der Waals surface area contributed by atoms with Gasteiger partial charge in [-0.3, -0.25) is 0 Å². The molecule has 0 bridgehead atoms. The van der Waals surface area contributed by atoms with Crippen LogP contribution < -0.4 is 0 Å². The lowest BCUT2D eigenvalue weighted by Crippen LogP contribution is -1.65. The fourth-order valence-corrected chi connectivity index (χ4v) is 0.568. The average Bonchev–Trinajstić information content (AvgIpc) is 1.87. The molecule has 0 atom stereocenters. The predicted molar refractivity (Wildman–Crippen MR) is 26.2 cm³/mol. The molecule has 0 saturated carbocycles. The van der Waals surface area contributed by atoms with Gasteiger partial charge in [-0.1, -0.05) is 0 Å². The first-order chi connectivity index (χ1) is 3.29. The summed E-state index contributed by atoms with van der Waals surface area (Å²) in [6.45, 7) is 0. The van der Waals surface area contributed by atoms with E-state index >= 15 is 0 Å². The van der Waals surface area contributed by atoms with Crippen molar-refractivity contribution >= 4 is 15.9 Å². The molecule has 1 aromatic heterocycles. The van der Waals surface area contributed by atoms with Crippen molar-refractivity contribution in [3.63, 3.8) is 0 Å². The molecule has 2 nitrogen and oxygen atoms in total. The Balaban J connectivity index is 3.04. The Labute approximate surface area is 47.9 Å². The minimum atomic E-state index is -0.424. The van der Waals surface area contributed by atoms with Gasteiger partial charge in [0.2, 0.25) is 5.95 Å². The van der Waals surface area contributed by atoms with Gasteiger partial charge in [0, 0.05) is 0 Å². The molecular formula is C3H2BrFN2. The summed E-state index contributed by atoms with van der Waals surface area (Å²) in [5, 5.41) is 0. The highest BCUT2D eigenvalue weighted by molar-refractivity contribution is 9.10. The first kappa shape index (κ1) is 4.77. The van der Waals surface area contributed by atoms with Crippen LogP contribution in [0.4, 0.5) is 4.39 Å². The zero-order chi connectivity index (χ0) is 5.28. The van der Waals surface area contributed by atoms with E-state index in [1.54, 1.807) is 0 Å². The first-order valence-corrected chi connectivity index (χ1v) is 2.44. The Hall–Kier alpha value is -0.380. The van der Waals surface area contributed by atoms with E-state index in [1.807, 2.05) is 0 Å². The zero-order valence-electron chi connectivity index (χ0n) is 3.28. The van der Waals surface area contributed by atoms with Crippen LogP contribution in [-0.2, 0) is 0 Å². The lowest BCUT2D eigenvalue weighted by molar-refractivity contribution is 0.589. The summed E-state index contributed by atoms with van der Waals surface area (Å²) in [5.74, 6) is -0.424. The van der Waals surface area contributed by atoms with Crippen LogP contribution in [-0.4, -0.2) is 9.97 Å². The average molecular weight is 165 g/mol. The second-order valence-corrected chi connectivity index (χ2v) is 1.77. The maximum Gasteiger partial charge on any atom is 0.211 e. The smallest absolute Gasteiger partial charge is 0.211 e. The summed E-state index contributed by atoms with van der Waals surface area (Å²) in [6.07, 6.45) is 1.10. The Morgan fingerprint density at radius 2 is 2.57 bits per heavy atom. The maximum atomic E-state index is 11.8. The molecule has 4 heteroatoms. The molecular weight excluding hydrogens is 163 g/mol. The van der Waals surface area contributed by atoms with Crippen LogP contribution in [0.15, 0.2) is 10.9 Å². The SMILES string of the molecule is Fc1cnc(Br)[nH]1. The lowest BCUT2D eigenvalue weighted by Gasteiger charge is -1.69. The quantitative estimate of drug-likeness (QED) is 0.616. The van der Waals surface area contributed by atoms with E-state index in [0.717, 1.165) is 6.20 Å². The van der Waals surface area contributed by atoms with Crippen molar-refractivity contribution in [2.45, 2.75) is 0 Å². The Morgan fingerprint density at radius 3 is 2.71 bits per heavy atom. The largest absolute Gasteiger partial charge is 0.309 e. The number of halogens is 2. The van der Waals surface area contributed by atoms with Crippen molar-refractivity contribution in [3.8, 4) is 0 Å². The van der Waals surface area contributed by atoms with Crippen LogP contribution in [0, 0.1) is 5.95 Å². The maximum absolute atomic E-state index is 11.8. The zero-order valence-corrected chi connectivity index (χ0v) is 4.87. The number of hydrogen-bond acceptors (Lipinski definition) is 1. The number of rotatable bonds is 0. The molecule has 0 unspecified atom stereocenters. The van der Waals surface area contributed by atoms with Crippen LogP contribution >= 0.6 is 15.9 Å². The van der Waals surface area contributed by atoms with E-state index in [9.17, 15) is 4.39 Å². The molecule has 0 fully saturated rings. The van der Waals surface area contributed by atoms with Gasteiger partial charge >= 0.3 is 0 Å². The van der Waals surface area contributed by atoms with Gasteiger partial charge in [-0.05, 0) is 15.9 Å². The first-order valence-electron chi connectivity index (χ1n) is 1.65. The Morgan fingerprint density at radius 1 is 1.86 bits per heavy atom. The Bertz CT molecular complexity index is 145. The second kappa shape index (κ2) is 1.61. The molecule has 0 amide bonds. The van der Waals surface area contributed by atoms with E-state index < -0.39 is 5.95 Å². The van der Waals surface area contributed by atoms with Crippen LogP contribution in [0.2, 0.25) is 0 Å². The summed E-state index contributed by atoms with van der Waals surface area (Å²) in [4.78, 5) is 5.78. The fraction of sp³-hybridized carbons (Fsp3) is 0. The van der Waals surface area contributed by atoms with Crippen molar-refractivity contribution in [2.24, 2.45) is 0 Å². The molecule has 0 aliphatic heterocycles. The van der Waals surface area contributed by atoms with E-state index in [4.69, 9.17) is 0 Å². The van der Waals surface area contributed by atoms with Gasteiger partial charge in [0.05, 0.1) is 6.20 Å². The molecule has 0 aromatic carbocycles. The van der Waals surface area contributed by atoms with E-state index in [2.05, 4.69) is 25.9 Å². The third-order valence-corrected chi connectivity index (χ3v) is 0.917. The third-order valence-electron chi connectivity index (χ3n) is 0.514. The van der Waals surface area contributed by atoms with Crippen molar-refractivity contribution in [1.82, 2.24) is 9.97 Å². The van der Waals surface area contributed by atoms with Gasteiger partial charge in [0.25, 0.3) is 0 Å². The lowest BCUT2D eigenvalue weighted by atomic mass is 10.9. The van der Waals surface area contributed by atoms with Crippen LogP contribution in [0.1, 0.15) is 0 Å². The third kappa shape index (κ3) is 0.991. The van der Waals surface area contributed by atoms with Crippen LogP contribution in [0.3, 0.4) is 0 Å². The van der Waals surface area contributed by atoms with Gasteiger partial charge in [-0.15, -0.1) is 0 Å². The van der Waals surface area contributed by atoms with Crippen LogP contribution in [0.25, 0.3) is 0 Å². The molecule has 0 aliphatic rings. The molecule has 1 N–H and O–H groups in total. The molecule has 7 heavy (non-hydrogen) atoms.